The van der Waals surface area contributed by atoms with Crippen LogP contribution in [0.5, 0.6) is 5.75 Å². The van der Waals surface area contributed by atoms with Gasteiger partial charge >= 0.3 is 5.69 Å². The molecule has 0 aliphatic heterocycles. The molecule has 2 aromatic rings. The van der Waals surface area contributed by atoms with Gasteiger partial charge in [0, 0.05) is 18.0 Å². The van der Waals surface area contributed by atoms with Crippen LogP contribution in [0, 0.1) is 0 Å². The normalized spacial score (nSPS) is 10.4. The number of nitrogen functional groups attached to an aromatic ring is 1. The molecule has 7 heteroatoms. The Bertz CT molecular complexity index is 693. The predicted octanol–water partition coefficient (Wildman–Crippen LogP) is 0.960. The third kappa shape index (κ3) is 3.47. The largest absolute Gasteiger partial charge is 0.492 e. The fourth-order valence-electron chi connectivity index (χ4n) is 1.51. The zero-order valence-corrected chi connectivity index (χ0v) is 11.5. The lowest BCUT2D eigenvalue weighted by molar-refractivity contribution is 0.295. The van der Waals surface area contributed by atoms with Crippen molar-refractivity contribution in [1.29, 1.82) is 0 Å². The maximum Gasteiger partial charge on any atom is 0.328 e. The Kier molecular flexibility index (Phi) is 4.06. The van der Waals surface area contributed by atoms with Gasteiger partial charge in [-0.1, -0.05) is 6.07 Å². The molecule has 19 heavy (non-hydrogen) atoms. The van der Waals surface area contributed by atoms with Crippen LogP contribution in [-0.2, 0) is 6.54 Å². The van der Waals surface area contributed by atoms with Crippen molar-refractivity contribution in [2.45, 2.75) is 6.54 Å². The molecule has 1 aromatic carbocycles. The van der Waals surface area contributed by atoms with E-state index in [1.807, 2.05) is 0 Å². The van der Waals surface area contributed by atoms with Gasteiger partial charge in [0.25, 0.3) is 5.56 Å². The van der Waals surface area contributed by atoms with Crippen molar-refractivity contribution in [2.24, 2.45) is 0 Å². The van der Waals surface area contributed by atoms with E-state index >= 15 is 0 Å². The number of rotatable bonds is 4. The Morgan fingerprint density at radius 3 is 2.89 bits per heavy atom. The maximum absolute atomic E-state index is 11.5. The number of aromatic nitrogens is 2. The summed E-state index contributed by atoms with van der Waals surface area (Å²) in [4.78, 5) is 24.9. The Morgan fingerprint density at radius 2 is 2.16 bits per heavy atom. The molecule has 0 atom stereocenters. The Labute approximate surface area is 117 Å². The number of H-pyrrole nitrogens is 1. The van der Waals surface area contributed by atoms with Crippen molar-refractivity contribution in [2.75, 3.05) is 12.3 Å². The highest BCUT2D eigenvalue weighted by Gasteiger charge is 2.02. The van der Waals surface area contributed by atoms with Crippen LogP contribution < -0.4 is 21.7 Å². The summed E-state index contributed by atoms with van der Waals surface area (Å²) in [7, 11) is 0. The third-order valence-electron chi connectivity index (χ3n) is 2.43. The summed E-state index contributed by atoms with van der Waals surface area (Å²) in [6, 6.07) is 7.03. The molecule has 3 N–H and O–H groups in total. The van der Waals surface area contributed by atoms with E-state index < -0.39 is 11.2 Å². The second-order valence-electron chi connectivity index (χ2n) is 3.85. The van der Waals surface area contributed by atoms with Gasteiger partial charge in [-0.15, -0.1) is 0 Å². The molecule has 100 valence electrons. The molecular formula is C12H12BrN3O3. The molecule has 0 bridgehead atoms. The van der Waals surface area contributed by atoms with Gasteiger partial charge in [0.2, 0.25) is 0 Å². The monoisotopic (exact) mass is 325 g/mol. The SMILES string of the molecule is Nc1cccc(OCCn2cc(Br)c(=O)[nH]c2=O)c1. The van der Waals surface area contributed by atoms with Gasteiger partial charge in [0.1, 0.15) is 12.4 Å². The number of ether oxygens (including phenoxy) is 1. The number of hydrogen-bond acceptors (Lipinski definition) is 4. The Morgan fingerprint density at radius 1 is 1.37 bits per heavy atom. The highest BCUT2D eigenvalue weighted by Crippen LogP contribution is 2.14. The second-order valence-corrected chi connectivity index (χ2v) is 4.70. The zero-order valence-electron chi connectivity index (χ0n) is 9.93. The minimum absolute atomic E-state index is 0.293. The first-order valence-electron chi connectivity index (χ1n) is 5.54. The summed E-state index contributed by atoms with van der Waals surface area (Å²) in [5.74, 6) is 0.636. The Hall–Kier alpha value is -2.02. The number of benzene rings is 1. The Balaban J connectivity index is 2.02. The molecule has 0 unspecified atom stereocenters. The molecule has 0 radical (unpaired) electrons. The van der Waals surface area contributed by atoms with E-state index in [1.54, 1.807) is 24.3 Å². The molecular weight excluding hydrogens is 314 g/mol. The minimum atomic E-state index is -0.468. The van der Waals surface area contributed by atoms with Crippen LogP contribution in [-0.4, -0.2) is 16.2 Å². The van der Waals surface area contributed by atoms with Crippen LogP contribution >= 0.6 is 15.9 Å². The van der Waals surface area contributed by atoms with Gasteiger partial charge in [-0.05, 0) is 28.1 Å². The molecule has 6 nitrogen and oxygen atoms in total. The van der Waals surface area contributed by atoms with Crippen LogP contribution in [0.25, 0.3) is 0 Å². The van der Waals surface area contributed by atoms with E-state index in [-0.39, 0.29) is 0 Å². The van der Waals surface area contributed by atoms with Gasteiger partial charge in [-0.2, -0.15) is 0 Å². The van der Waals surface area contributed by atoms with Crippen molar-refractivity contribution >= 4 is 21.6 Å². The lowest BCUT2D eigenvalue weighted by atomic mass is 10.3. The number of halogens is 1. The standard InChI is InChI=1S/C12H12BrN3O3/c13-10-7-16(12(18)15-11(10)17)4-5-19-9-3-1-2-8(14)6-9/h1-3,6-7H,4-5,14H2,(H,15,17,18). The summed E-state index contributed by atoms with van der Waals surface area (Å²) in [5, 5.41) is 0. The molecule has 1 heterocycles. The van der Waals surface area contributed by atoms with E-state index in [0.717, 1.165) is 0 Å². The maximum atomic E-state index is 11.5. The van der Waals surface area contributed by atoms with Crippen molar-refractivity contribution < 1.29 is 4.74 Å². The average Bonchev–Trinajstić information content (AvgIpc) is 2.35. The number of hydrogen-bond donors (Lipinski definition) is 2. The van der Waals surface area contributed by atoms with Crippen molar-refractivity contribution in [1.82, 2.24) is 9.55 Å². The number of nitrogens with one attached hydrogen (secondary N) is 1. The molecule has 0 saturated carbocycles. The second kappa shape index (κ2) is 5.75. The minimum Gasteiger partial charge on any atom is -0.492 e. The first kappa shape index (κ1) is 13.4. The molecule has 0 saturated heterocycles. The summed E-state index contributed by atoms with van der Waals surface area (Å²) in [5.41, 5.74) is 5.32. The fourth-order valence-corrected chi connectivity index (χ4v) is 1.86. The summed E-state index contributed by atoms with van der Waals surface area (Å²) < 4.78 is 7.13. The number of aromatic amines is 1. The number of nitrogens with zero attached hydrogens (tertiary/aromatic N) is 1. The highest BCUT2D eigenvalue weighted by molar-refractivity contribution is 9.10. The lowest BCUT2D eigenvalue weighted by Gasteiger charge is -2.08. The molecule has 0 fully saturated rings. The average molecular weight is 326 g/mol. The van der Waals surface area contributed by atoms with Crippen molar-refractivity contribution in [3.05, 3.63) is 55.8 Å². The van der Waals surface area contributed by atoms with Gasteiger partial charge in [-0.3, -0.25) is 14.3 Å². The van der Waals surface area contributed by atoms with E-state index in [0.29, 0.717) is 29.1 Å². The predicted molar refractivity (Wildman–Crippen MR) is 75.4 cm³/mol. The lowest BCUT2D eigenvalue weighted by Crippen LogP contribution is -2.31. The van der Waals surface area contributed by atoms with Crippen LogP contribution in [0.1, 0.15) is 0 Å². The van der Waals surface area contributed by atoms with E-state index in [1.165, 1.54) is 10.8 Å². The third-order valence-corrected chi connectivity index (χ3v) is 2.99. The van der Waals surface area contributed by atoms with Gasteiger partial charge < -0.3 is 10.5 Å². The summed E-state index contributed by atoms with van der Waals surface area (Å²) in [6.45, 7) is 0.616. The topological polar surface area (TPSA) is 90.1 Å². The van der Waals surface area contributed by atoms with Gasteiger partial charge in [0.05, 0.1) is 11.0 Å². The fraction of sp³-hybridized carbons (Fsp3) is 0.167. The number of nitrogens with two attached hydrogens (primary N) is 1. The molecule has 0 amide bonds. The molecule has 1 aromatic heterocycles. The van der Waals surface area contributed by atoms with Gasteiger partial charge in [-0.25, -0.2) is 4.79 Å². The van der Waals surface area contributed by atoms with Crippen LogP contribution in [0.3, 0.4) is 0 Å². The molecule has 0 spiro atoms. The summed E-state index contributed by atoms with van der Waals surface area (Å²) >= 11 is 3.07. The smallest absolute Gasteiger partial charge is 0.328 e. The number of anilines is 1. The zero-order chi connectivity index (χ0) is 13.8. The first-order chi connectivity index (χ1) is 9.06. The van der Waals surface area contributed by atoms with Gasteiger partial charge in [0.15, 0.2) is 0 Å². The van der Waals surface area contributed by atoms with E-state index in [2.05, 4.69) is 20.9 Å². The molecule has 0 aliphatic rings. The van der Waals surface area contributed by atoms with Crippen molar-refractivity contribution in [3.63, 3.8) is 0 Å². The van der Waals surface area contributed by atoms with E-state index in [9.17, 15) is 9.59 Å². The molecule has 2 rings (SSSR count). The van der Waals surface area contributed by atoms with Crippen LogP contribution in [0.15, 0.2) is 44.5 Å². The van der Waals surface area contributed by atoms with Crippen LogP contribution in [0.2, 0.25) is 0 Å². The van der Waals surface area contributed by atoms with E-state index in [4.69, 9.17) is 10.5 Å². The highest BCUT2D eigenvalue weighted by atomic mass is 79.9. The first-order valence-corrected chi connectivity index (χ1v) is 6.33. The quantitative estimate of drug-likeness (QED) is 0.819. The summed E-state index contributed by atoms with van der Waals surface area (Å²) in [6.07, 6.45) is 1.43. The molecule has 0 aliphatic carbocycles. The van der Waals surface area contributed by atoms with Crippen molar-refractivity contribution in [3.8, 4) is 5.75 Å². The van der Waals surface area contributed by atoms with Crippen LogP contribution in [0.4, 0.5) is 5.69 Å².